The van der Waals surface area contributed by atoms with Crippen molar-refractivity contribution in [3.05, 3.63) is 33.8 Å². The third kappa shape index (κ3) is 2.63. The van der Waals surface area contributed by atoms with E-state index in [9.17, 15) is 13.9 Å². The molecule has 1 N–H and O–H groups in total. The molecule has 1 aliphatic heterocycles. The zero-order chi connectivity index (χ0) is 14.5. The van der Waals surface area contributed by atoms with Gasteiger partial charge in [-0.2, -0.15) is 0 Å². The van der Waals surface area contributed by atoms with Gasteiger partial charge in [0.25, 0.3) is 0 Å². The molecule has 1 saturated carbocycles. The van der Waals surface area contributed by atoms with Gasteiger partial charge in [0.05, 0.1) is 10.1 Å². The molecule has 1 saturated heterocycles. The van der Waals surface area contributed by atoms with E-state index < -0.39 is 17.2 Å². The van der Waals surface area contributed by atoms with Gasteiger partial charge in [-0.25, -0.2) is 8.78 Å². The highest BCUT2D eigenvalue weighted by Crippen LogP contribution is 2.39. The fraction of sp³-hybridized carbons (Fsp3) is 0.600. The van der Waals surface area contributed by atoms with Gasteiger partial charge < -0.3 is 5.11 Å². The molecule has 1 heterocycles. The van der Waals surface area contributed by atoms with Crippen molar-refractivity contribution in [2.75, 3.05) is 6.54 Å². The lowest BCUT2D eigenvalue weighted by Gasteiger charge is -2.24. The molecule has 1 aromatic carbocycles. The summed E-state index contributed by atoms with van der Waals surface area (Å²) in [5.74, 6) is -1.19. The number of β-amino-alcohol motifs (C(OH)–C–C–N with tert-alkyl or cyclic N) is 1. The largest absolute Gasteiger partial charge is 0.388 e. The van der Waals surface area contributed by atoms with Crippen LogP contribution in [0.3, 0.4) is 0 Å². The van der Waals surface area contributed by atoms with Gasteiger partial charge in [-0.1, -0.05) is 0 Å². The Morgan fingerprint density at radius 1 is 1.40 bits per heavy atom. The molecular weight excluding hydrogens is 328 g/mol. The van der Waals surface area contributed by atoms with Gasteiger partial charge >= 0.3 is 0 Å². The van der Waals surface area contributed by atoms with Crippen molar-refractivity contribution >= 4 is 15.9 Å². The van der Waals surface area contributed by atoms with Crippen molar-refractivity contribution < 1.29 is 13.9 Å². The molecule has 2 atom stereocenters. The van der Waals surface area contributed by atoms with Crippen LogP contribution in [0.5, 0.6) is 0 Å². The van der Waals surface area contributed by atoms with E-state index in [0.717, 1.165) is 0 Å². The lowest BCUT2D eigenvalue weighted by atomic mass is 9.91. The molecule has 1 aromatic rings. The first-order valence-corrected chi connectivity index (χ1v) is 7.79. The summed E-state index contributed by atoms with van der Waals surface area (Å²) in [5, 5.41) is 10.7. The molecule has 2 unspecified atom stereocenters. The van der Waals surface area contributed by atoms with Crippen LogP contribution < -0.4 is 0 Å². The van der Waals surface area contributed by atoms with Gasteiger partial charge in [-0.05, 0) is 54.2 Å². The summed E-state index contributed by atoms with van der Waals surface area (Å²) >= 11 is 3.07. The van der Waals surface area contributed by atoms with Crippen molar-refractivity contribution in [2.45, 2.75) is 50.3 Å². The maximum Gasteiger partial charge on any atom is 0.143 e. The van der Waals surface area contributed by atoms with E-state index in [1.165, 1.54) is 25.0 Å². The van der Waals surface area contributed by atoms with Crippen LogP contribution in [0.2, 0.25) is 0 Å². The van der Waals surface area contributed by atoms with E-state index >= 15 is 0 Å². The molecule has 110 valence electrons. The highest BCUT2D eigenvalue weighted by molar-refractivity contribution is 9.10. The first-order chi connectivity index (χ1) is 9.39. The molecule has 5 heteroatoms. The number of rotatable bonds is 3. The molecule has 0 bridgehead atoms. The average Bonchev–Trinajstić information content (AvgIpc) is 3.17. The van der Waals surface area contributed by atoms with E-state index in [-0.39, 0.29) is 22.5 Å². The summed E-state index contributed by atoms with van der Waals surface area (Å²) in [7, 11) is 0. The number of aliphatic hydroxyl groups is 1. The Morgan fingerprint density at radius 3 is 2.75 bits per heavy atom. The van der Waals surface area contributed by atoms with Gasteiger partial charge in [0.15, 0.2) is 0 Å². The minimum absolute atomic E-state index is 0.0216. The summed E-state index contributed by atoms with van der Waals surface area (Å²) in [6.45, 7) is 2.58. The molecule has 0 aromatic heterocycles. The summed E-state index contributed by atoms with van der Waals surface area (Å²) in [5.41, 5.74) is -1.06. The Morgan fingerprint density at radius 2 is 2.10 bits per heavy atom. The van der Waals surface area contributed by atoms with Crippen LogP contribution in [-0.4, -0.2) is 34.2 Å². The summed E-state index contributed by atoms with van der Waals surface area (Å²) in [6.07, 6.45) is 2.92. The van der Waals surface area contributed by atoms with Gasteiger partial charge in [0, 0.05) is 30.6 Å². The Bertz CT molecular complexity index is 535. The van der Waals surface area contributed by atoms with Crippen LogP contribution in [0.15, 0.2) is 16.6 Å². The van der Waals surface area contributed by atoms with Crippen LogP contribution in [0.1, 0.15) is 31.7 Å². The van der Waals surface area contributed by atoms with Crippen LogP contribution in [0.25, 0.3) is 0 Å². The van der Waals surface area contributed by atoms with Crippen molar-refractivity contribution in [1.29, 1.82) is 0 Å². The third-order valence-corrected chi connectivity index (χ3v) is 4.99. The van der Waals surface area contributed by atoms with E-state index in [4.69, 9.17) is 0 Å². The molecule has 2 aliphatic rings. The second kappa shape index (κ2) is 5.04. The Kier molecular flexibility index (Phi) is 3.63. The number of likely N-dealkylation sites (tertiary alicyclic amines) is 1. The van der Waals surface area contributed by atoms with E-state index in [0.29, 0.717) is 19.0 Å². The van der Waals surface area contributed by atoms with E-state index in [2.05, 4.69) is 27.8 Å². The number of halogens is 3. The van der Waals surface area contributed by atoms with Crippen LogP contribution in [0.4, 0.5) is 8.78 Å². The standard InChI is InChI=1S/C15H18BrF2NO/c1-9-6-15(20,8-19(9)10-2-3-10)7-11-13(17)5-4-12(16)14(11)18/h4-5,9-10,20H,2-3,6-8H2,1H3. The molecule has 20 heavy (non-hydrogen) atoms. The van der Waals surface area contributed by atoms with E-state index in [1.807, 2.05) is 0 Å². The molecule has 3 rings (SSSR count). The van der Waals surface area contributed by atoms with E-state index in [1.54, 1.807) is 0 Å². The summed E-state index contributed by atoms with van der Waals surface area (Å²) < 4.78 is 28.1. The molecule has 0 spiro atoms. The van der Waals surface area contributed by atoms with Gasteiger partial charge in [-0.15, -0.1) is 0 Å². The monoisotopic (exact) mass is 345 g/mol. The highest BCUT2D eigenvalue weighted by Gasteiger charge is 2.46. The SMILES string of the molecule is CC1CC(O)(Cc2c(F)ccc(Br)c2F)CN1C1CC1. The smallest absolute Gasteiger partial charge is 0.143 e. The zero-order valence-corrected chi connectivity index (χ0v) is 13.0. The zero-order valence-electron chi connectivity index (χ0n) is 11.4. The summed E-state index contributed by atoms with van der Waals surface area (Å²) in [4.78, 5) is 2.27. The predicted octanol–water partition coefficient (Wildman–Crippen LogP) is 3.26. The van der Waals surface area contributed by atoms with Crippen LogP contribution in [0, 0.1) is 11.6 Å². The van der Waals surface area contributed by atoms with Crippen LogP contribution >= 0.6 is 15.9 Å². The molecule has 2 fully saturated rings. The Balaban J connectivity index is 1.82. The predicted molar refractivity (Wildman–Crippen MR) is 76.5 cm³/mol. The van der Waals surface area contributed by atoms with Gasteiger partial charge in [-0.3, -0.25) is 4.90 Å². The highest BCUT2D eigenvalue weighted by atomic mass is 79.9. The fourth-order valence-electron chi connectivity index (χ4n) is 3.31. The Hall–Kier alpha value is -0.520. The number of hydrogen-bond acceptors (Lipinski definition) is 2. The summed E-state index contributed by atoms with van der Waals surface area (Å²) in [6, 6.07) is 3.41. The van der Waals surface area contributed by atoms with Crippen molar-refractivity contribution in [2.24, 2.45) is 0 Å². The molecular formula is C15H18BrF2NO. The van der Waals surface area contributed by atoms with Crippen LogP contribution in [-0.2, 0) is 6.42 Å². The Labute approximate surface area is 125 Å². The fourth-order valence-corrected chi connectivity index (χ4v) is 3.68. The second-order valence-corrected chi connectivity index (χ2v) is 7.03. The van der Waals surface area contributed by atoms with Crippen molar-refractivity contribution in [1.82, 2.24) is 4.90 Å². The molecule has 1 aliphatic carbocycles. The maximum absolute atomic E-state index is 14.0. The molecule has 0 amide bonds. The topological polar surface area (TPSA) is 23.5 Å². The van der Waals surface area contributed by atoms with Gasteiger partial charge in [0.2, 0.25) is 0 Å². The molecule has 0 radical (unpaired) electrons. The number of hydrogen-bond donors (Lipinski definition) is 1. The first kappa shape index (κ1) is 14.4. The lowest BCUT2D eigenvalue weighted by Crippen LogP contribution is -2.37. The first-order valence-electron chi connectivity index (χ1n) is 7.00. The van der Waals surface area contributed by atoms with Crippen molar-refractivity contribution in [3.8, 4) is 0 Å². The molecule has 2 nitrogen and oxygen atoms in total. The lowest BCUT2D eigenvalue weighted by molar-refractivity contribution is 0.0469. The minimum Gasteiger partial charge on any atom is -0.388 e. The second-order valence-electron chi connectivity index (χ2n) is 6.18. The average molecular weight is 346 g/mol. The quantitative estimate of drug-likeness (QED) is 0.850. The number of nitrogens with zero attached hydrogens (tertiary/aromatic N) is 1. The minimum atomic E-state index is -1.04. The normalized spacial score (nSPS) is 30.9. The van der Waals surface area contributed by atoms with Crippen molar-refractivity contribution in [3.63, 3.8) is 0 Å². The maximum atomic E-state index is 14.0. The third-order valence-electron chi connectivity index (χ3n) is 4.38. The van der Waals surface area contributed by atoms with Gasteiger partial charge in [0.1, 0.15) is 11.6 Å². The number of benzene rings is 1.